The maximum atomic E-state index is 11.7. The summed E-state index contributed by atoms with van der Waals surface area (Å²) >= 11 is 4.98. The van der Waals surface area contributed by atoms with E-state index in [4.69, 9.17) is 4.42 Å². The number of hydrogen-bond acceptors (Lipinski definition) is 3. The number of carbonyl (C=O) groups is 1. The van der Waals surface area contributed by atoms with Gasteiger partial charge in [-0.15, -0.1) is 11.3 Å². The highest BCUT2D eigenvalue weighted by Crippen LogP contribution is 2.20. The second kappa shape index (κ2) is 4.84. The van der Waals surface area contributed by atoms with Gasteiger partial charge in [0.1, 0.15) is 5.76 Å². The summed E-state index contributed by atoms with van der Waals surface area (Å²) in [5.41, 5.74) is 1.68. The minimum Gasteiger partial charge on any atom is -0.469 e. The molecule has 0 aliphatic rings. The fourth-order valence-corrected chi connectivity index (χ4v) is 2.55. The van der Waals surface area contributed by atoms with E-state index in [1.807, 2.05) is 11.4 Å². The standard InChI is InChI=1S/C11H10BrNO2S/c1-7-9(2-3-15-7)11(14)13-5-8-4-10(12)16-6-8/h2-4,6H,5H2,1H3,(H,13,14). The Morgan fingerprint density at radius 3 is 3.00 bits per heavy atom. The molecule has 0 unspecified atom stereocenters. The van der Waals surface area contributed by atoms with Gasteiger partial charge in [0, 0.05) is 6.54 Å². The third-order valence-corrected chi connectivity index (χ3v) is 3.73. The average molecular weight is 300 g/mol. The van der Waals surface area contributed by atoms with Crippen molar-refractivity contribution in [2.45, 2.75) is 13.5 Å². The van der Waals surface area contributed by atoms with E-state index in [0.29, 0.717) is 17.9 Å². The fraction of sp³-hybridized carbons (Fsp3) is 0.182. The van der Waals surface area contributed by atoms with Gasteiger partial charge in [0.2, 0.25) is 0 Å². The number of aryl methyl sites for hydroxylation is 1. The van der Waals surface area contributed by atoms with E-state index in [9.17, 15) is 4.79 Å². The van der Waals surface area contributed by atoms with Crippen LogP contribution in [0.5, 0.6) is 0 Å². The number of rotatable bonds is 3. The molecule has 16 heavy (non-hydrogen) atoms. The van der Waals surface area contributed by atoms with Crippen LogP contribution in [0.4, 0.5) is 0 Å². The largest absolute Gasteiger partial charge is 0.469 e. The van der Waals surface area contributed by atoms with Crippen LogP contribution in [0.3, 0.4) is 0 Å². The van der Waals surface area contributed by atoms with Gasteiger partial charge in [0.15, 0.2) is 0 Å². The van der Waals surface area contributed by atoms with Gasteiger partial charge in [0.25, 0.3) is 5.91 Å². The van der Waals surface area contributed by atoms with Crippen LogP contribution in [0.1, 0.15) is 21.7 Å². The van der Waals surface area contributed by atoms with E-state index in [0.717, 1.165) is 9.35 Å². The van der Waals surface area contributed by atoms with Crippen molar-refractivity contribution in [3.8, 4) is 0 Å². The number of hydrogen-bond donors (Lipinski definition) is 1. The zero-order valence-corrected chi connectivity index (χ0v) is 11.0. The molecule has 0 radical (unpaired) electrons. The Morgan fingerprint density at radius 1 is 1.62 bits per heavy atom. The summed E-state index contributed by atoms with van der Waals surface area (Å²) in [4.78, 5) is 11.7. The lowest BCUT2D eigenvalue weighted by Gasteiger charge is -2.01. The molecule has 2 aromatic heterocycles. The SMILES string of the molecule is Cc1occc1C(=O)NCc1csc(Br)c1. The minimum absolute atomic E-state index is 0.103. The molecule has 84 valence electrons. The molecule has 0 saturated heterocycles. The van der Waals surface area contributed by atoms with Crippen molar-refractivity contribution in [1.29, 1.82) is 0 Å². The second-order valence-corrected chi connectivity index (χ2v) is 5.62. The first-order valence-corrected chi connectivity index (χ1v) is 6.39. The smallest absolute Gasteiger partial charge is 0.255 e. The highest BCUT2D eigenvalue weighted by Gasteiger charge is 2.10. The summed E-state index contributed by atoms with van der Waals surface area (Å²) in [6, 6.07) is 3.67. The quantitative estimate of drug-likeness (QED) is 0.944. The molecule has 3 nitrogen and oxygen atoms in total. The van der Waals surface area contributed by atoms with Crippen molar-refractivity contribution in [3.63, 3.8) is 0 Å². The predicted molar refractivity (Wildman–Crippen MR) is 66.6 cm³/mol. The summed E-state index contributed by atoms with van der Waals surface area (Å²) in [5, 5.41) is 4.85. The first-order valence-electron chi connectivity index (χ1n) is 4.72. The molecule has 0 aromatic carbocycles. The third kappa shape index (κ3) is 2.54. The number of nitrogens with one attached hydrogen (secondary N) is 1. The van der Waals surface area contributed by atoms with Gasteiger partial charge in [-0.2, -0.15) is 0 Å². The summed E-state index contributed by atoms with van der Waals surface area (Å²) in [6.45, 7) is 2.31. The highest BCUT2D eigenvalue weighted by atomic mass is 79.9. The number of halogens is 1. The van der Waals surface area contributed by atoms with Gasteiger partial charge in [-0.05, 0) is 45.9 Å². The second-order valence-electron chi connectivity index (χ2n) is 3.33. The molecule has 2 aromatic rings. The molecule has 0 fully saturated rings. The average Bonchev–Trinajstić information content (AvgIpc) is 2.84. The van der Waals surface area contributed by atoms with Crippen molar-refractivity contribution < 1.29 is 9.21 Å². The van der Waals surface area contributed by atoms with E-state index < -0.39 is 0 Å². The summed E-state index contributed by atoms with van der Waals surface area (Å²) in [5.74, 6) is 0.539. The van der Waals surface area contributed by atoms with Crippen LogP contribution in [-0.2, 0) is 6.54 Å². The van der Waals surface area contributed by atoms with Crippen molar-refractivity contribution in [1.82, 2.24) is 5.32 Å². The number of amides is 1. The maximum Gasteiger partial charge on any atom is 0.255 e. The lowest BCUT2D eigenvalue weighted by molar-refractivity contribution is 0.0949. The van der Waals surface area contributed by atoms with Gasteiger partial charge in [-0.1, -0.05) is 0 Å². The molecule has 0 aliphatic carbocycles. The summed E-state index contributed by atoms with van der Waals surface area (Å²) in [6.07, 6.45) is 1.52. The highest BCUT2D eigenvalue weighted by molar-refractivity contribution is 9.11. The van der Waals surface area contributed by atoms with Crippen LogP contribution in [0, 0.1) is 6.92 Å². The van der Waals surface area contributed by atoms with E-state index in [1.165, 1.54) is 6.26 Å². The molecule has 0 bridgehead atoms. The fourth-order valence-electron chi connectivity index (χ4n) is 1.34. The molecule has 2 heterocycles. The van der Waals surface area contributed by atoms with Crippen molar-refractivity contribution in [2.24, 2.45) is 0 Å². The lowest BCUT2D eigenvalue weighted by atomic mass is 10.2. The van der Waals surface area contributed by atoms with Gasteiger partial charge in [-0.25, -0.2) is 0 Å². The molecule has 5 heteroatoms. The Morgan fingerprint density at radius 2 is 2.44 bits per heavy atom. The Labute approximate surface area is 106 Å². The minimum atomic E-state index is -0.103. The van der Waals surface area contributed by atoms with E-state index >= 15 is 0 Å². The van der Waals surface area contributed by atoms with Crippen LogP contribution in [0.2, 0.25) is 0 Å². The van der Waals surface area contributed by atoms with E-state index in [2.05, 4.69) is 21.2 Å². The van der Waals surface area contributed by atoms with Crippen LogP contribution < -0.4 is 5.32 Å². The van der Waals surface area contributed by atoms with E-state index in [1.54, 1.807) is 24.3 Å². The van der Waals surface area contributed by atoms with Crippen molar-refractivity contribution in [2.75, 3.05) is 0 Å². The van der Waals surface area contributed by atoms with E-state index in [-0.39, 0.29) is 5.91 Å². The first kappa shape index (κ1) is 11.4. The molecular formula is C11H10BrNO2S. The molecule has 1 amide bonds. The zero-order valence-electron chi connectivity index (χ0n) is 8.62. The Balaban J connectivity index is 1.96. The molecular weight excluding hydrogens is 290 g/mol. The lowest BCUT2D eigenvalue weighted by Crippen LogP contribution is -2.22. The Bertz CT molecular complexity index is 504. The van der Waals surface area contributed by atoms with Crippen LogP contribution >= 0.6 is 27.3 Å². The molecule has 0 atom stereocenters. The topological polar surface area (TPSA) is 42.2 Å². The molecule has 0 saturated carbocycles. The number of thiophene rings is 1. The molecule has 1 N–H and O–H groups in total. The molecule has 0 spiro atoms. The van der Waals surface area contributed by atoms with Gasteiger partial charge in [-0.3, -0.25) is 4.79 Å². The monoisotopic (exact) mass is 299 g/mol. The van der Waals surface area contributed by atoms with Crippen LogP contribution in [0.15, 0.2) is 32.0 Å². The summed E-state index contributed by atoms with van der Waals surface area (Å²) in [7, 11) is 0. The predicted octanol–water partition coefficient (Wildman–Crippen LogP) is 3.34. The van der Waals surface area contributed by atoms with Gasteiger partial charge < -0.3 is 9.73 Å². The van der Waals surface area contributed by atoms with Gasteiger partial charge in [0.05, 0.1) is 15.6 Å². The third-order valence-electron chi connectivity index (χ3n) is 2.18. The normalized spacial score (nSPS) is 10.4. The molecule has 0 aliphatic heterocycles. The van der Waals surface area contributed by atoms with Crippen molar-refractivity contribution in [3.05, 3.63) is 44.4 Å². The number of carbonyl (C=O) groups excluding carboxylic acids is 1. The Kier molecular flexibility index (Phi) is 3.46. The van der Waals surface area contributed by atoms with Crippen LogP contribution in [-0.4, -0.2) is 5.91 Å². The maximum absolute atomic E-state index is 11.7. The zero-order chi connectivity index (χ0) is 11.5. The number of furan rings is 1. The Hall–Kier alpha value is -1.07. The first-order chi connectivity index (χ1) is 7.66. The van der Waals surface area contributed by atoms with Crippen LogP contribution in [0.25, 0.3) is 0 Å². The summed E-state index contributed by atoms with van der Waals surface area (Å²) < 4.78 is 6.14. The molecule has 2 rings (SSSR count). The van der Waals surface area contributed by atoms with Gasteiger partial charge >= 0.3 is 0 Å². The van der Waals surface area contributed by atoms with Crippen molar-refractivity contribution >= 4 is 33.2 Å².